The molecule has 23 heavy (non-hydrogen) atoms. The van der Waals surface area contributed by atoms with E-state index in [0.717, 1.165) is 12.2 Å². The zero-order chi connectivity index (χ0) is 17.0. The Hall–Kier alpha value is -0.630. The molecule has 0 fully saturated rings. The summed E-state index contributed by atoms with van der Waals surface area (Å²) in [5, 5.41) is 0.0294. The molecule has 0 nitrogen and oxygen atoms in total. The maximum Gasteiger partial charge on any atom is 0.0602 e. The van der Waals surface area contributed by atoms with Crippen LogP contribution in [-0.4, -0.2) is 11.1 Å². The Kier molecular flexibility index (Phi) is 6.88. The molecule has 0 radical (unpaired) electrons. The summed E-state index contributed by atoms with van der Waals surface area (Å²) in [6.07, 6.45) is 0.783. The van der Waals surface area contributed by atoms with Gasteiger partial charge < -0.3 is 0 Å². The van der Waals surface area contributed by atoms with Gasteiger partial charge in [0.25, 0.3) is 0 Å². The van der Waals surface area contributed by atoms with Gasteiger partial charge in [-0.2, -0.15) is 0 Å². The molecule has 0 N–H and O–H groups in total. The second kappa shape index (κ2) is 8.46. The lowest BCUT2D eigenvalue weighted by molar-refractivity contribution is 0.780. The van der Waals surface area contributed by atoms with Gasteiger partial charge in [-0.1, -0.05) is 42.0 Å². The summed E-state index contributed by atoms with van der Waals surface area (Å²) < 4.78 is 0. The van der Waals surface area contributed by atoms with E-state index in [4.69, 9.17) is 23.2 Å². The van der Waals surface area contributed by atoms with Crippen LogP contribution in [0.25, 0.3) is 0 Å². The number of alkyl halides is 2. The highest BCUT2D eigenvalue weighted by Gasteiger charge is 2.17. The fourth-order valence-corrected chi connectivity index (χ4v) is 4.90. The summed E-state index contributed by atoms with van der Waals surface area (Å²) in [6.45, 7) is 8.58. The molecule has 0 heterocycles. The Morgan fingerprint density at radius 2 is 1.52 bits per heavy atom. The Balaban J connectivity index is 1.96. The fourth-order valence-electron chi connectivity index (χ4n) is 2.93. The molecular formula is C20H24Cl2S. The van der Waals surface area contributed by atoms with Gasteiger partial charge in [-0.25, -0.2) is 0 Å². The minimum atomic E-state index is -0.0282. The lowest BCUT2D eigenvalue weighted by Crippen LogP contribution is -2.07. The molecule has 0 spiro atoms. The normalized spacial score (nSPS) is 13.8. The van der Waals surface area contributed by atoms with Crippen LogP contribution in [-0.2, 0) is 0 Å². The van der Waals surface area contributed by atoms with Crippen molar-refractivity contribution in [1.29, 1.82) is 0 Å². The summed E-state index contributed by atoms with van der Waals surface area (Å²) >= 11 is 15.0. The number of hydrogen-bond acceptors (Lipinski definition) is 1. The maximum atomic E-state index is 6.58. The molecule has 2 atom stereocenters. The Bertz CT molecular complexity index is 643. The van der Waals surface area contributed by atoms with Gasteiger partial charge in [-0.15, -0.1) is 35.0 Å². The second-order valence-electron chi connectivity index (χ2n) is 6.20. The zero-order valence-corrected chi connectivity index (χ0v) is 16.5. The van der Waals surface area contributed by atoms with Crippen molar-refractivity contribution >= 4 is 35.0 Å². The molecule has 0 amide bonds. The molecule has 2 aromatic carbocycles. The Morgan fingerprint density at radius 3 is 2.13 bits per heavy atom. The number of benzene rings is 2. The molecule has 0 aliphatic rings. The van der Waals surface area contributed by atoms with Crippen molar-refractivity contribution in [2.24, 2.45) is 0 Å². The summed E-state index contributed by atoms with van der Waals surface area (Å²) in [7, 11) is 0. The second-order valence-corrected chi connectivity index (χ2v) is 8.37. The summed E-state index contributed by atoms with van der Waals surface area (Å²) in [6, 6.07) is 12.7. The van der Waals surface area contributed by atoms with Crippen molar-refractivity contribution in [1.82, 2.24) is 0 Å². The van der Waals surface area contributed by atoms with E-state index in [1.54, 1.807) is 0 Å². The molecule has 124 valence electrons. The van der Waals surface area contributed by atoms with E-state index in [9.17, 15) is 0 Å². The van der Waals surface area contributed by atoms with Gasteiger partial charge in [0.05, 0.1) is 5.38 Å². The third-order valence-corrected chi connectivity index (χ3v) is 6.43. The molecule has 3 heteroatoms. The quantitative estimate of drug-likeness (QED) is 0.392. The highest BCUT2D eigenvalue weighted by molar-refractivity contribution is 7.99. The molecule has 2 unspecified atom stereocenters. The molecule has 0 aliphatic carbocycles. The van der Waals surface area contributed by atoms with Crippen molar-refractivity contribution in [2.75, 3.05) is 5.75 Å². The first-order valence-corrected chi connectivity index (χ1v) is 9.78. The maximum absolute atomic E-state index is 6.58. The number of thioether (sulfide) groups is 1. The van der Waals surface area contributed by atoms with Gasteiger partial charge in [-0.3, -0.25) is 0 Å². The van der Waals surface area contributed by atoms with Crippen LogP contribution in [0, 0.1) is 27.7 Å². The first kappa shape index (κ1) is 18.7. The molecule has 2 aromatic rings. The van der Waals surface area contributed by atoms with E-state index in [2.05, 4.69) is 52.0 Å². The van der Waals surface area contributed by atoms with Crippen LogP contribution >= 0.6 is 35.0 Å². The topological polar surface area (TPSA) is 0 Å². The Morgan fingerprint density at radius 1 is 0.913 bits per heavy atom. The summed E-state index contributed by atoms with van der Waals surface area (Å²) in [5.41, 5.74) is 6.39. The number of halogens is 2. The van der Waals surface area contributed by atoms with Crippen molar-refractivity contribution < 1.29 is 0 Å². The standard InChI is InChI=1S/C20H24Cl2S/c1-13-9-15(3)20(16(4)10-13)23-12-17(21)11-19(22)18-8-6-5-7-14(18)2/h5-10,17,19H,11-12H2,1-4H3. The number of aryl methyl sites for hydroxylation is 4. The minimum Gasteiger partial charge on any atom is -0.124 e. The highest BCUT2D eigenvalue weighted by atomic mass is 35.5. The van der Waals surface area contributed by atoms with E-state index in [1.807, 2.05) is 23.9 Å². The summed E-state index contributed by atoms with van der Waals surface area (Å²) in [4.78, 5) is 1.35. The van der Waals surface area contributed by atoms with Gasteiger partial charge in [0, 0.05) is 16.0 Å². The van der Waals surface area contributed by atoms with E-state index < -0.39 is 0 Å². The van der Waals surface area contributed by atoms with Crippen LogP contribution < -0.4 is 0 Å². The van der Waals surface area contributed by atoms with E-state index in [-0.39, 0.29) is 10.8 Å². The van der Waals surface area contributed by atoms with Gasteiger partial charge in [0.1, 0.15) is 0 Å². The predicted octanol–water partition coefficient (Wildman–Crippen LogP) is 6.99. The zero-order valence-electron chi connectivity index (χ0n) is 14.2. The molecule has 0 bridgehead atoms. The van der Waals surface area contributed by atoms with Crippen molar-refractivity contribution in [3.8, 4) is 0 Å². The van der Waals surface area contributed by atoms with Crippen LogP contribution in [0.3, 0.4) is 0 Å². The highest BCUT2D eigenvalue weighted by Crippen LogP contribution is 2.34. The third-order valence-electron chi connectivity index (χ3n) is 4.00. The van der Waals surface area contributed by atoms with Gasteiger partial charge in [0.15, 0.2) is 0 Å². The van der Waals surface area contributed by atoms with Crippen LogP contribution in [0.4, 0.5) is 0 Å². The first-order valence-electron chi connectivity index (χ1n) is 7.92. The lowest BCUT2D eigenvalue weighted by Gasteiger charge is -2.17. The van der Waals surface area contributed by atoms with Gasteiger partial charge in [0.2, 0.25) is 0 Å². The van der Waals surface area contributed by atoms with Crippen LogP contribution in [0.5, 0.6) is 0 Å². The minimum absolute atomic E-state index is 0.0282. The van der Waals surface area contributed by atoms with Crippen molar-refractivity contribution in [3.05, 3.63) is 64.2 Å². The van der Waals surface area contributed by atoms with E-state index in [1.165, 1.54) is 32.7 Å². The van der Waals surface area contributed by atoms with E-state index in [0.29, 0.717) is 0 Å². The molecule has 2 rings (SSSR count). The molecule has 0 aromatic heterocycles. The van der Waals surface area contributed by atoms with Crippen LogP contribution in [0.2, 0.25) is 0 Å². The van der Waals surface area contributed by atoms with Crippen LogP contribution in [0.1, 0.15) is 39.6 Å². The predicted molar refractivity (Wildman–Crippen MR) is 105 cm³/mol. The smallest absolute Gasteiger partial charge is 0.0602 e. The van der Waals surface area contributed by atoms with Gasteiger partial charge in [-0.05, 0) is 56.4 Å². The van der Waals surface area contributed by atoms with E-state index >= 15 is 0 Å². The number of rotatable bonds is 6. The Labute approximate surface area is 154 Å². The molecule has 0 saturated carbocycles. The lowest BCUT2D eigenvalue weighted by atomic mass is 10.0. The fraction of sp³-hybridized carbons (Fsp3) is 0.400. The van der Waals surface area contributed by atoms with Crippen molar-refractivity contribution in [2.45, 2.75) is 49.8 Å². The average molecular weight is 367 g/mol. The number of hydrogen-bond donors (Lipinski definition) is 0. The molecule has 0 aliphatic heterocycles. The average Bonchev–Trinajstić information content (AvgIpc) is 2.46. The third kappa shape index (κ3) is 5.17. The summed E-state index contributed by atoms with van der Waals surface area (Å²) in [5.74, 6) is 0.876. The SMILES string of the molecule is Cc1cc(C)c(SCC(Cl)CC(Cl)c2ccccc2C)c(C)c1. The monoisotopic (exact) mass is 366 g/mol. The molecular weight excluding hydrogens is 343 g/mol. The van der Waals surface area contributed by atoms with Gasteiger partial charge >= 0.3 is 0 Å². The first-order chi connectivity index (χ1) is 10.9. The van der Waals surface area contributed by atoms with Crippen molar-refractivity contribution in [3.63, 3.8) is 0 Å². The largest absolute Gasteiger partial charge is 0.124 e. The van der Waals surface area contributed by atoms with Crippen LogP contribution in [0.15, 0.2) is 41.3 Å². The molecule has 0 saturated heterocycles.